The first-order chi connectivity index (χ1) is 17.3. The minimum Gasteiger partial charge on any atom is -0.0619 e. The van der Waals surface area contributed by atoms with E-state index >= 15 is 0 Å². The first-order valence-electron chi connectivity index (χ1n) is 12.7. The summed E-state index contributed by atoms with van der Waals surface area (Å²) in [6.07, 6.45) is 4.55. The van der Waals surface area contributed by atoms with Crippen molar-refractivity contribution >= 4 is 11.6 Å². The summed E-state index contributed by atoms with van der Waals surface area (Å²) in [5.41, 5.74) is 21.6. The minimum atomic E-state index is 0.307. The van der Waals surface area contributed by atoms with Crippen molar-refractivity contribution in [3.63, 3.8) is 0 Å². The van der Waals surface area contributed by atoms with Gasteiger partial charge in [0, 0.05) is 5.92 Å². The maximum atomic E-state index is 2.54. The van der Waals surface area contributed by atoms with Crippen LogP contribution in [0.5, 0.6) is 0 Å². The van der Waals surface area contributed by atoms with E-state index in [1.165, 1.54) is 83.5 Å². The molecule has 1 atom stereocenters. The molecule has 0 fully saturated rings. The highest BCUT2D eigenvalue weighted by Gasteiger charge is 2.39. The first kappa shape index (κ1) is 18.2. The summed E-state index contributed by atoms with van der Waals surface area (Å²) in [7, 11) is 0. The molecule has 4 aliphatic rings. The standard InChI is InChI=1S/C35H22/c1-4-10-25-20(7-1)16-24-18-31-30(19-29(24)25)28-14-13-23-15-21-8-2-5-11-26(21)33(23)35(28)32-17-22-9-3-6-12-27(22)34(31)32/h1-14,17-19,34H,15-16H2. The molecule has 5 aromatic rings. The Hall–Kier alpha value is -4.16. The SMILES string of the molecule is C1=C2c3c(ccc4c3-c3ccccc3C4)-c3cc4c(cc3C2c2ccccc21)Cc1ccccc1-4. The number of benzene rings is 5. The van der Waals surface area contributed by atoms with E-state index in [0.29, 0.717) is 5.92 Å². The quantitative estimate of drug-likeness (QED) is 0.221. The molecule has 5 aromatic carbocycles. The van der Waals surface area contributed by atoms with Gasteiger partial charge in [-0.1, -0.05) is 91.0 Å². The minimum absolute atomic E-state index is 0.307. The first-order valence-corrected chi connectivity index (χ1v) is 12.7. The Morgan fingerprint density at radius 1 is 0.457 bits per heavy atom. The highest BCUT2D eigenvalue weighted by Crippen LogP contribution is 2.59. The normalized spacial score (nSPS) is 16.8. The fraction of sp³-hybridized carbons (Fsp3) is 0.0857. The molecule has 0 bridgehead atoms. The van der Waals surface area contributed by atoms with Gasteiger partial charge in [0.25, 0.3) is 0 Å². The zero-order chi connectivity index (χ0) is 22.7. The van der Waals surface area contributed by atoms with Gasteiger partial charge in [-0.25, -0.2) is 0 Å². The van der Waals surface area contributed by atoms with Crippen molar-refractivity contribution in [2.45, 2.75) is 18.8 Å². The fourth-order valence-corrected chi connectivity index (χ4v) is 7.30. The molecule has 0 radical (unpaired) electrons. The van der Waals surface area contributed by atoms with Crippen LogP contribution in [-0.2, 0) is 12.8 Å². The molecule has 0 heteroatoms. The summed E-state index contributed by atoms with van der Waals surface area (Å²) in [4.78, 5) is 0. The number of fused-ring (bicyclic) bond motifs is 15. The van der Waals surface area contributed by atoms with Crippen LogP contribution in [0.1, 0.15) is 50.4 Å². The van der Waals surface area contributed by atoms with Gasteiger partial charge in [-0.05, 0) is 108 Å². The van der Waals surface area contributed by atoms with Gasteiger partial charge in [0.05, 0.1) is 0 Å². The lowest BCUT2D eigenvalue weighted by atomic mass is 9.71. The molecule has 0 aliphatic heterocycles. The Labute approximate surface area is 205 Å². The molecule has 4 aliphatic carbocycles. The van der Waals surface area contributed by atoms with Gasteiger partial charge >= 0.3 is 0 Å². The van der Waals surface area contributed by atoms with Crippen LogP contribution in [0.2, 0.25) is 0 Å². The Kier molecular flexibility index (Phi) is 3.27. The van der Waals surface area contributed by atoms with Crippen LogP contribution in [0.4, 0.5) is 0 Å². The van der Waals surface area contributed by atoms with E-state index in [2.05, 4.69) is 103 Å². The summed E-state index contributed by atoms with van der Waals surface area (Å²) < 4.78 is 0. The second kappa shape index (κ2) is 6.29. The van der Waals surface area contributed by atoms with Crippen LogP contribution in [0, 0.1) is 0 Å². The molecule has 0 saturated carbocycles. The van der Waals surface area contributed by atoms with Gasteiger partial charge in [0.2, 0.25) is 0 Å². The summed E-state index contributed by atoms with van der Waals surface area (Å²) in [6.45, 7) is 0. The smallest absolute Gasteiger partial charge is 0.0358 e. The Bertz CT molecular complexity index is 1800. The van der Waals surface area contributed by atoms with E-state index in [4.69, 9.17) is 0 Å². The average molecular weight is 443 g/mol. The van der Waals surface area contributed by atoms with Crippen LogP contribution in [0.25, 0.3) is 45.0 Å². The van der Waals surface area contributed by atoms with E-state index in [1.54, 1.807) is 0 Å². The van der Waals surface area contributed by atoms with Crippen molar-refractivity contribution in [1.82, 2.24) is 0 Å². The van der Waals surface area contributed by atoms with E-state index in [0.717, 1.165) is 12.8 Å². The van der Waals surface area contributed by atoms with Crippen molar-refractivity contribution in [2.24, 2.45) is 0 Å². The van der Waals surface area contributed by atoms with Crippen LogP contribution < -0.4 is 0 Å². The molecular formula is C35H22. The molecule has 0 N–H and O–H groups in total. The third kappa shape index (κ3) is 2.23. The largest absolute Gasteiger partial charge is 0.0619 e. The van der Waals surface area contributed by atoms with Gasteiger partial charge in [-0.15, -0.1) is 0 Å². The molecule has 35 heavy (non-hydrogen) atoms. The second-order valence-electron chi connectivity index (χ2n) is 10.4. The van der Waals surface area contributed by atoms with Crippen molar-refractivity contribution in [2.75, 3.05) is 0 Å². The molecule has 0 amide bonds. The molecule has 9 rings (SSSR count). The molecular weight excluding hydrogens is 420 g/mol. The zero-order valence-electron chi connectivity index (χ0n) is 19.3. The van der Waals surface area contributed by atoms with Gasteiger partial charge in [-0.3, -0.25) is 0 Å². The van der Waals surface area contributed by atoms with E-state index < -0.39 is 0 Å². The number of rotatable bonds is 0. The monoisotopic (exact) mass is 442 g/mol. The Morgan fingerprint density at radius 3 is 2.11 bits per heavy atom. The summed E-state index contributed by atoms with van der Waals surface area (Å²) >= 11 is 0. The van der Waals surface area contributed by atoms with Crippen LogP contribution in [0.3, 0.4) is 0 Å². The Balaban J connectivity index is 1.40. The average Bonchev–Trinajstić information content (AvgIpc) is 3.58. The highest BCUT2D eigenvalue weighted by molar-refractivity contribution is 6.08. The summed E-state index contributed by atoms with van der Waals surface area (Å²) in [6, 6.07) is 36.8. The molecule has 0 saturated heterocycles. The molecule has 0 nitrogen and oxygen atoms in total. The Morgan fingerprint density at radius 2 is 1.20 bits per heavy atom. The molecule has 0 spiro atoms. The fourth-order valence-electron chi connectivity index (χ4n) is 7.30. The van der Waals surface area contributed by atoms with Crippen molar-refractivity contribution < 1.29 is 0 Å². The molecule has 0 aromatic heterocycles. The summed E-state index contributed by atoms with van der Waals surface area (Å²) in [5, 5.41) is 0. The van der Waals surface area contributed by atoms with Crippen molar-refractivity contribution in [3.05, 3.63) is 142 Å². The zero-order valence-corrected chi connectivity index (χ0v) is 19.3. The number of hydrogen-bond acceptors (Lipinski definition) is 0. The van der Waals surface area contributed by atoms with E-state index in [9.17, 15) is 0 Å². The predicted octanol–water partition coefficient (Wildman–Crippen LogP) is 8.50. The highest BCUT2D eigenvalue weighted by atomic mass is 14.4. The lowest BCUT2D eigenvalue weighted by molar-refractivity contribution is 1.05. The van der Waals surface area contributed by atoms with E-state index in [-0.39, 0.29) is 0 Å². The number of hydrogen-bond donors (Lipinski definition) is 0. The van der Waals surface area contributed by atoms with Crippen molar-refractivity contribution in [3.8, 4) is 33.4 Å². The van der Waals surface area contributed by atoms with Gasteiger partial charge in [0.15, 0.2) is 0 Å². The van der Waals surface area contributed by atoms with Gasteiger partial charge in [-0.2, -0.15) is 0 Å². The maximum absolute atomic E-state index is 2.54. The van der Waals surface area contributed by atoms with Crippen LogP contribution in [0.15, 0.2) is 97.1 Å². The third-order valence-corrected chi connectivity index (χ3v) is 8.74. The summed E-state index contributed by atoms with van der Waals surface area (Å²) in [5.74, 6) is 0.307. The third-order valence-electron chi connectivity index (χ3n) is 8.74. The lowest BCUT2D eigenvalue weighted by Gasteiger charge is -2.31. The lowest BCUT2D eigenvalue weighted by Crippen LogP contribution is -2.11. The van der Waals surface area contributed by atoms with Crippen molar-refractivity contribution in [1.29, 1.82) is 0 Å². The van der Waals surface area contributed by atoms with Crippen LogP contribution in [-0.4, -0.2) is 0 Å². The molecule has 1 unspecified atom stereocenters. The predicted molar refractivity (Wildman–Crippen MR) is 145 cm³/mol. The van der Waals surface area contributed by atoms with Crippen LogP contribution >= 0.6 is 0 Å². The number of allylic oxidation sites excluding steroid dienone is 1. The second-order valence-corrected chi connectivity index (χ2v) is 10.4. The topological polar surface area (TPSA) is 0 Å². The van der Waals surface area contributed by atoms with E-state index in [1.807, 2.05) is 0 Å². The van der Waals surface area contributed by atoms with Gasteiger partial charge in [0.1, 0.15) is 0 Å². The molecule has 0 heterocycles. The maximum Gasteiger partial charge on any atom is 0.0358 e. The molecule has 162 valence electrons. The van der Waals surface area contributed by atoms with Gasteiger partial charge < -0.3 is 0 Å².